The van der Waals surface area contributed by atoms with Gasteiger partial charge in [0.25, 0.3) is 0 Å². The zero-order valence-corrected chi connectivity index (χ0v) is 13.0. The predicted molar refractivity (Wildman–Crippen MR) is 84.3 cm³/mol. The zero-order valence-electron chi connectivity index (χ0n) is 12.2. The Morgan fingerprint density at radius 1 is 1.21 bits per heavy atom. The molecule has 0 aromatic heterocycles. The van der Waals surface area contributed by atoms with Gasteiger partial charge in [-0.2, -0.15) is 0 Å². The molecule has 0 aliphatic heterocycles. The Labute approximate surface area is 119 Å². The fourth-order valence-electron chi connectivity index (χ4n) is 2.53. The Bertz CT molecular complexity index is 536. The molecule has 0 saturated heterocycles. The number of hydrogen-bond donors (Lipinski definition) is 2. The van der Waals surface area contributed by atoms with Gasteiger partial charge >= 0.3 is 0 Å². The smallest absolute Gasteiger partial charge is 0.150 e. The average Bonchev–Trinajstić information content (AvgIpc) is 2.33. The van der Waals surface area contributed by atoms with Gasteiger partial charge in [0.1, 0.15) is 0 Å². The molecule has 0 saturated carbocycles. The lowest BCUT2D eigenvalue weighted by atomic mass is 9.89. The van der Waals surface area contributed by atoms with Crippen molar-refractivity contribution in [3.63, 3.8) is 0 Å². The van der Waals surface area contributed by atoms with E-state index in [1.807, 2.05) is 13.8 Å². The van der Waals surface area contributed by atoms with Crippen LogP contribution in [0.5, 0.6) is 0 Å². The van der Waals surface area contributed by atoms with Gasteiger partial charge in [-0.1, -0.05) is 26.1 Å². The topological polar surface area (TPSA) is 35.9 Å². The maximum absolute atomic E-state index is 14.5. The molecule has 0 amide bonds. The second kappa shape index (κ2) is 6.24. The van der Waals surface area contributed by atoms with Crippen molar-refractivity contribution < 1.29 is 4.39 Å². The van der Waals surface area contributed by atoms with Crippen LogP contribution >= 0.6 is 12.2 Å². The molecule has 1 aromatic carbocycles. The molecule has 0 heterocycles. The monoisotopic (exact) mass is 280 g/mol. The molecule has 0 unspecified atom stereocenters. The number of halogens is 1. The second-order valence-corrected chi connectivity index (χ2v) is 5.27. The van der Waals surface area contributed by atoms with Gasteiger partial charge in [0.2, 0.25) is 0 Å². The molecule has 0 bridgehead atoms. The Balaban J connectivity index is 3.75. The summed E-state index contributed by atoms with van der Waals surface area (Å²) in [6, 6.07) is 0. The Morgan fingerprint density at radius 3 is 2.11 bits per heavy atom. The van der Waals surface area contributed by atoms with Gasteiger partial charge in [0.15, 0.2) is 5.82 Å². The van der Waals surface area contributed by atoms with Crippen LogP contribution in [-0.4, -0.2) is 10.7 Å². The summed E-state index contributed by atoms with van der Waals surface area (Å²) < 4.78 is 14.5. The molecule has 0 fully saturated rings. The van der Waals surface area contributed by atoms with Gasteiger partial charge in [0.05, 0.1) is 10.7 Å². The van der Waals surface area contributed by atoms with Gasteiger partial charge in [-0.25, -0.2) is 4.39 Å². The van der Waals surface area contributed by atoms with Crippen molar-refractivity contribution in [3.05, 3.63) is 28.1 Å². The zero-order chi connectivity index (χ0) is 14.7. The first-order valence-electron chi connectivity index (χ1n) is 6.51. The Hall–Kier alpha value is -1.29. The third-order valence-corrected chi connectivity index (χ3v) is 3.40. The van der Waals surface area contributed by atoms with Crippen LogP contribution in [0, 0.1) is 18.2 Å². The molecule has 1 aromatic rings. The van der Waals surface area contributed by atoms with Crippen LogP contribution in [0.2, 0.25) is 0 Å². The van der Waals surface area contributed by atoms with E-state index in [-0.39, 0.29) is 5.82 Å². The van der Waals surface area contributed by atoms with Crippen LogP contribution in [0.25, 0.3) is 0 Å². The molecule has 0 atom stereocenters. The van der Waals surface area contributed by atoms with Gasteiger partial charge in [-0.15, -0.1) is 0 Å². The van der Waals surface area contributed by atoms with Crippen LogP contribution in [0.15, 0.2) is 0 Å². The number of rotatable bonds is 4. The lowest BCUT2D eigenvalue weighted by Gasteiger charge is -2.21. The first-order chi connectivity index (χ1) is 8.84. The summed E-state index contributed by atoms with van der Waals surface area (Å²) in [6.45, 7) is 9.24. The number of benzene rings is 1. The Morgan fingerprint density at radius 2 is 1.74 bits per heavy atom. The molecule has 104 valence electrons. The minimum atomic E-state index is -0.292. The Kier molecular flexibility index (Phi) is 5.18. The highest BCUT2D eigenvalue weighted by Gasteiger charge is 2.21. The van der Waals surface area contributed by atoms with Gasteiger partial charge in [-0.3, -0.25) is 0 Å². The SMILES string of the molecule is CCc1c(C)c(F)c(NC(C)=S)c(C(C)=N)c1CC. The van der Waals surface area contributed by atoms with E-state index >= 15 is 0 Å². The quantitative estimate of drug-likeness (QED) is 0.633. The summed E-state index contributed by atoms with van der Waals surface area (Å²) in [6.07, 6.45) is 1.55. The third-order valence-electron chi connectivity index (χ3n) is 3.30. The molecule has 1 rings (SSSR count). The molecule has 0 aliphatic carbocycles. The summed E-state index contributed by atoms with van der Waals surface area (Å²) in [5.74, 6) is -0.292. The second-order valence-electron chi connectivity index (χ2n) is 4.66. The first-order valence-corrected chi connectivity index (χ1v) is 6.92. The van der Waals surface area contributed by atoms with Crippen molar-refractivity contribution in [1.82, 2.24) is 0 Å². The highest BCUT2D eigenvalue weighted by atomic mass is 32.1. The summed E-state index contributed by atoms with van der Waals surface area (Å²) in [7, 11) is 0. The normalized spacial score (nSPS) is 10.4. The van der Waals surface area contributed by atoms with Crippen molar-refractivity contribution >= 4 is 28.6 Å². The van der Waals surface area contributed by atoms with Crippen LogP contribution in [0.4, 0.5) is 10.1 Å². The van der Waals surface area contributed by atoms with E-state index in [0.717, 1.165) is 24.0 Å². The highest BCUT2D eigenvalue weighted by Crippen LogP contribution is 2.32. The van der Waals surface area contributed by atoms with E-state index < -0.39 is 0 Å². The standard InChI is InChI=1S/C15H21FN2S/c1-6-11-8(3)14(16)15(18-10(5)19)13(9(4)17)12(11)7-2/h17H,6-7H2,1-5H3,(H,18,19). The molecule has 4 heteroatoms. The predicted octanol–water partition coefficient (Wildman–Crippen LogP) is 4.41. The maximum atomic E-state index is 14.5. The van der Waals surface area contributed by atoms with E-state index in [9.17, 15) is 4.39 Å². The van der Waals surface area contributed by atoms with Crippen molar-refractivity contribution in [2.45, 2.75) is 47.5 Å². The summed E-state index contributed by atoms with van der Waals surface area (Å²) in [5.41, 5.74) is 4.09. The summed E-state index contributed by atoms with van der Waals surface area (Å²) in [5, 5.41) is 10.9. The minimum absolute atomic E-state index is 0.292. The van der Waals surface area contributed by atoms with E-state index in [2.05, 4.69) is 5.32 Å². The van der Waals surface area contributed by atoms with Crippen LogP contribution in [0.3, 0.4) is 0 Å². The van der Waals surface area contributed by atoms with Crippen LogP contribution < -0.4 is 5.32 Å². The van der Waals surface area contributed by atoms with Crippen LogP contribution in [0.1, 0.15) is 49.9 Å². The first kappa shape index (κ1) is 15.8. The van der Waals surface area contributed by atoms with E-state index in [0.29, 0.717) is 27.5 Å². The average molecular weight is 280 g/mol. The number of nitrogens with one attached hydrogen (secondary N) is 2. The van der Waals surface area contributed by atoms with Gasteiger partial charge in [-0.05, 0) is 50.3 Å². The third kappa shape index (κ3) is 3.00. The van der Waals surface area contributed by atoms with Crippen molar-refractivity contribution in [2.75, 3.05) is 5.32 Å². The molecular formula is C15H21FN2S. The van der Waals surface area contributed by atoms with Crippen molar-refractivity contribution in [1.29, 1.82) is 5.41 Å². The number of thiocarbonyl (C=S) groups is 1. The number of hydrogen-bond acceptors (Lipinski definition) is 2. The maximum Gasteiger partial charge on any atom is 0.150 e. The van der Waals surface area contributed by atoms with Crippen molar-refractivity contribution in [2.24, 2.45) is 0 Å². The number of anilines is 1. The van der Waals surface area contributed by atoms with E-state index in [4.69, 9.17) is 17.6 Å². The molecule has 19 heavy (non-hydrogen) atoms. The molecule has 0 aliphatic rings. The van der Waals surface area contributed by atoms with Crippen LogP contribution in [-0.2, 0) is 12.8 Å². The molecular weight excluding hydrogens is 259 g/mol. The largest absolute Gasteiger partial charge is 0.347 e. The van der Waals surface area contributed by atoms with E-state index in [1.54, 1.807) is 20.8 Å². The molecule has 0 spiro atoms. The fraction of sp³-hybridized carbons (Fsp3) is 0.467. The minimum Gasteiger partial charge on any atom is -0.347 e. The van der Waals surface area contributed by atoms with E-state index in [1.165, 1.54) is 0 Å². The lowest BCUT2D eigenvalue weighted by Crippen LogP contribution is -2.16. The lowest BCUT2D eigenvalue weighted by molar-refractivity contribution is 0.618. The molecule has 0 radical (unpaired) electrons. The summed E-state index contributed by atoms with van der Waals surface area (Å²) in [4.78, 5) is 0.507. The van der Waals surface area contributed by atoms with Gasteiger partial charge < -0.3 is 10.7 Å². The van der Waals surface area contributed by atoms with Gasteiger partial charge in [0, 0.05) is 11.3 Å². The fourth-order valence-corrected chi connectivity index (χ4v) is 2.64. The van der Waals surface area contributed by atoms with Crippen molar-refractivity contribution in [3.8, 4) is 0 Å². The highest BCUT2D eigenvalue weighted by molar-refractivity contribution is 7.80. The molecule has 2 nitrogen and oxygen atoms in total. The summed E-state index contributed by atoms with van der Waals surface area (Å²) >= 11 is 5.02. The molecule has 2 N–H and O–H groups in total.